The van der Waals surface area contributed by atoms with E-state index in [1.807, 2.05) is 25.1 Å². The quantitative estimate of drug-likeness (QED) is 0.546. The van der Waals surface area contributed by atoms with Crippen LogP contribution in [0.25, 0.3) is 0 Å². The molecule has 10 nitrogen and oxygen atoms in total. The van der Waals surface area contributed by atoms with Gasteiger partial charge >= 0.3 is 5.97 Å². The Hall–Kier alpha value is -3.82. The Kier molecular flexibility index (Phi) is 8.88. The highest BCUT2D eigenvalue weighted by Crippen LogP contribution is 2.30. The summed E-state index contributed by atoms with van der Waals surface area (Å²) in [5.74, 6) is -1.49. The molecule has 10 heteroatoms. The molecule has 1 aliphatic heterocycles. The second-order valence-electron chi connectivity index (χ2n) is 8.56. The zero-order valence-electron chi connectivity index (χ0n) is 20.2. The summed E-state index contributed by atoms with van der Waals surface area (Å²) in [6.45, 7) is 4.45. The number of aromatic nitrogens is 2. The van der Waals surface area contributed by atoms with Gasteiger partial charge in [-0.05, 0) is 43.5 Å². The maximum atomic E-state index is 13.0. The van der Waals surface area contributed by atoms with Crippen LogP contribution in [0, 0.1) is 6.92 Å². The van der Waals surface area contributed by atoms with Gasteiger partial charge in [-0.2, -0.15) is 0 Å². The Bertz CT molecular complexity index is 1070. The molecule has 35 heavy (non-hydrogen) atoms. The lowest BCUT2D eigenvalue weighted by Gasteiger charge is -2.33. The molecule has 1 atom stereocenters. The van der Waals surface area contributed by atoms with Crippen molar-refractivity contribution in [3.8, 4) is 0 Å². The molecule has 0 aliphatic carbocycles. The second kappa shape index (κ2) is 12.0. The molecule has 0 spiro atoms. The first-order valence-corrected chi connectivity index (χ1v) is 11.6. The number of hydrogen-bond acceptors (Lipinski definition) is 7. The minimum atomic E-state index is -1.02. The lowest BCUT2D eigenvalue weighted by atomic mass is 9.89. The van der Waals surface area contributed by atoms with Crippen molar-refractivity contribution >= 4 is 23.7 Å². The van der Waals surface area contributed by atoms with E-state index >= 15 is 0 Å². The third-order valence-electron chi connectivity index (χ3n) is 5.96. The van der Waals surface area contributed by atoms with Crippen molar-refractivity contribution in [2.75, 3.05) is 20.2 Å². The Morgan fingerprint density at radius 2 is 1.91 bits per heavy atom. The first kappa shape index (κ1) is 25.8. The molecule has 0 unspecified atom stereocenters. The van der Waals surface area contributed by atoms with Crippen molar-refractivity contribution in [2.45, 2.75) is 51.6 Å². The fraction of sp³-hybridized carbons (Fsp3) is 0.440. The summed E-state index contributed by atoms with van der Waals surface area (Å²) in [6, 6.07) is 6.30. The van der Waals surface area contributed by atoms with Crippen LogP contribution < -0.4 is 10.6 Å². The molecule has 0 radical (unpaired) electrons. The van der Waals surface area contributed by atoms with E-state index in [1.165, 1.54) is 14.0 Å². The minimum absolute atomic E-state index is 0.0184. The van der Waals surface area contributed by atoms with Crippen LogP contribution in [0.3, 0.4) is 0 Å². The zero-order chi connectivity index (χ0) is 25.4. The number of aryl methyl sites for hydroxylation is 1. The molecular weight excluding hydrogens is 450 g/mol. The van der Waals surface area contributed by atoms with Crippen molar-refractivity contribution in [1.29, 1.82) is 0 Å². The number of pyridine rings is 2. The SMILES string of the molecule is COC(=O)[C@H](CC(=O)N1CCC(c2nc(C)ccc2C(=O)NCc2cccnc2)CC1)NC(C)=O. The first-order valence-electron chi connectivity index (χ1n) is 11.6. The molecule has 1 aliphatic rings. The number of methoxy groups -OCH3 is 1. The van der Waals surface area contributed by atoms with Gasteiger partial charge in [-0.25, -0.2) is 4.79 Å². The van der Waals surface area contributed by atoms with Crippen LogP contribution in [0.2, 0.25) is 0 Å². The van der Waals surface area contributed by atoms with E-state index in [9.17, 15) is 19.2 Å². The number of hydrogen-bond donors (Lipinski definition) is 2. The van der Waals surface area contributed by atoms with Gasteiger partial charge in [0.25, 0.3) is 5.91 Å². The molecular formula is C25H31N5O5. The molecule has 1 fully saturated rings. The number of carbonyl (C=O) groups is 4. The van der Waals surface area contributed by atoms with Gasteiger partial charge in [0.15, 0.2) is 0 Å². The molecule has 3 rings (SSSR count). The van der Waals surface area contributed by atoms with Gasteiger partial charge in [-0.1, -0.05) is 6.07 Å². The number of esters is 1. The molecule has 2 aromatic heterocycles. The maximum absolute atomic E-state index is 13.0. The third kappa shape index (κ3) is 7.08. The molecule has 1 saturated heterocycles. The normalized spacial score (nSPS) is 14.7. The number of piperidine rings is 1. The Balaban J connectivity index is 1.64. The summed E-state index contributed by atoms with van der Waals surface area (Å²) >= 11 is 0. The highest BCUT2D eigenvalue weighted by molar-refractivity contribution is 5.95. The van der Waals surface area contributed by atoms with E-state index < -0.39 is 17.9 Å². The summed E-state index contributed by atoms with van der Waals surface area (Å²) in [7, 11) is 1.21. The van der Waals surface area contributed by atoms with Gasteiger partial charge in [0.1, 0.15) is 6.04 Å². The zero-order valence-corrected chi connectivity index (χ0v) is 20.2. The Morgan fingerprint density at radius 3 is 2.54 bits per heavy atom. The number of amides is 3. The molecule has 3 heterocycles. The van der Waals surface area contributed by atoms with Crippen LogP contribution in [0.15, 0.2) is 36.7 Å². The lowest BCUT2D eigenvalue weighted by molar-refractivity contribution is -0.148. The predicted octanol–water partition coefficient (Wildman–Crippen LogP) is 1.49. The number of rotatable bonds is 8. The molecule has 3 amide bonds. The fourth-order valence-electron chi connectivity index (χ4n) is 4.15. The van der Waals surface area contributed by atoms with Crippen LogP contribution in [0.4, 0.5) is 0 Å². The number of nitrogens with one attached hydrogen (secondary N) is 2. The van der Waals surface area contributed by atoms with Crippen LogP contribution in [0.5, 0.6) is 0 Å². The van der Waals surface area contributed by atoms with E-state index in [4.69, 9.17) is 4.74 Å². The average molecular weight is 482 g/mol. The summed E-state index contributed by atoms with van der Waals surface area (Å²) in [4.78, 5) is 59.5. The number of carbonyl (C=O) groups excluding carboxylic acids is 4. The third-order valence-corrected chi connectivity index (χ3v) is 5.96. The molecule has 2 aromatic rings. The number of nitrogens with zero attached hydrogens (tertiary/aromatic N) is 3. The van der Waals surface area contributed by atoms with Crippen molar-refractivity contribution in [1.82, 2.24) is 25.5 Å². The largest absolute Gasteiger partial charge is 0.467 e. The Labute approximate surface area is 204 Å². The Morgan fingerprint density at radius 1 is 1.17 bits per heavy atom. The molecule has 186 valence electrons. The van der Waals surface area contributed by atoms with Gasteiger partial charge in [-0.3, -0.25) is 24.4 Å². The monoisotopic (exact) mass is 481 g/mol. The standard InChI is InChI=1S/C25H31N5O5/c1-16-6-7-20(24(33)27-15-18-5-4-10-26-14-18)23(28-16)19-8-11-30(12-9-19)22(32)13-21(25(34)35-3)29-17(2)31/h4-7,10,14,19,21H,8-9,11-13,15H2,1-3H3,(H,27,33)(H,29,31)/t21-/m0/s1. The summed E-state index contributed by atoms with van der Waals surface area (Å²) in [5, 5.41) is 5.40. The van der Waals surface area contributed by atoms with Crippen LogP contribution in [-0.4, -0.2) is 64.8 Å². The highest BCUT2D eigenvalue weighted by atomic mass is 16.5. The number of ether oxygens (including phenoxy) is 1. The van der Waals surface area contributed by atoms with E-state index in [-0.39, 0.29) is 24.2 Å². The second-order valence-corrected chi connectivity index (χ2v) is 8.56. The number of likely N-dealkylation sites (tertiary alicyclic amines) is 1. The lowest BCUT2D eigenvalue weighted by Crippen LogP contribution is -2.46. The highest BCUT2D eigenvalue weighted by Gasteiger charge is 2.31. The minimum Gasteiger partial charge on any atom is -0.467 e. The summed E-state index contributed by atoms with van der Waals surface area (Å²) in [5.41, 5.74) is 2.98. The average Bonchev–Trinajstić information content (AvgIpc) is 2.86. The van der Waals surface area contributed by atoms with Gasteiger partial charge < -0.3 is 20.3 Å². The summed E-state index contributed by atoms with van der Waals surface area (Å²) in [6.07, 6.45) is 4.49. The van der Waals surface area contributed by atoms with Gasteiger partial charge in [0.05, 0.1) is 24.8 Å². The fourth-order valence-corrected chi connectivity index (χ4v) is 4.15. The first-order chi connectivity index (χ1) is 16.8. The molecule has 2 N–H and O–H groups in total. The van der Waals surface area contributed by atoms with Crippen molar-refractivity contribution < 1.29 is 23.9 Å². The van der Waals surface area contributed by atoms with Crippen molar-refractivity contribution in [3.05, 3.63) is 59.2 Å². The smallest absolute Gasteiger partial charge is 0.328 e. The van der Waals surface area contributed by atoms with Gasteiger partial charge in [-0.15, -0.1) is 0 Å². The van der Waals surface area contributed by atoms with Gasteiger partial charge in [0.2, 0.25) is 11.8 Å². The van der Waals surface area contributed by atoms with Crippen LogP contribution >= 0.6 is 0 Å². The van der Waals surface area contributed by atoms with Crippen LogP contribution in [0.1, 0.15) is 59.4 Å². The predicted molar refractivity (Wildman–Crippen MR) is 127 cm³/mol. The molecule has 0 aromatic carbocycles. The topological polar surface area (TPSA) is 131 Å². The van der Waals surface area contributed by atoms with Crippen molar-refractivity contribution in [2.24, 2.45) is 0 Å². The maximum Gasteiger partial charge on any atom is 0.328 e. The van der Waals surface area contributed by atoms with Crippen LogP contribution in [-0.2, 0) is 25.7 Å². The van der Waals surface area contributed by atoms with E-state index in [0.29, 0.717) is 38.0 Å². The molecule has 0 bridgehead atoms. The van der Waals surface area contributed by atoms with E-state index in [2.05, 4.69) is 20.6 Å². The van der Waals surface area contributed by atoms with E-state index in [0.717, 1.165) is 17.0 Å². The van der Waals surface area contributed by atoms with Crippen molar-refractivity contribution in [3.63, 3.8) is 0 Å². The van der Waals surface area contributed by atoms with Gasteiger partial charge in [0, 0.05) is 50.6 Å². The summed E-state index contributed by atoms with van der Waals surface area (Å²) < 4.78 is 4.70. The van der Waals surface area contributed by atoms with E-state index in [1.54, 1.807) is 23.4 Å². The molecule has 0 saturated carbocycles.